The Balaban J connectivity index is 1.56. The highest BCUT2D eigenvalue weighted by molar-refractivity contribution is 6.62. The summed E-state index contributed by atoms with van der Waals surface area (Å²) in [6.45, 7) is 8.28. The molecule has 1 amide bonds. The molecule has 0 bridgehead atoms. The summed E-state index contributed by atoms with van der Waals surface area (Å²) in [6.07, 6.45) is -4.02. The van der Waals surface area contributed by atoms with E-state index in [2.05, 4.69) is 0 Å². The van der Waals surface area contributed by atoms with E-state index in [1.54, 1.807) is 0 Å². The van der Waals surface area contributed by atoms with Gasteiger partial charge in [-0.05, 0) is 51.6 Å². The third-order valence-corrected chi connectivity index (χ3v) is 6.17. The van der Waals surface area contributed by atoms with Crippen LogP contribution in [0.5, 0.6) is 0 Å². The first kappa shape index (κ1) is 21.2. The summed E-state index contributed by atoms with van der Waals surface area (Å²) in [5.41, 5.74) is 0.855. The number of halogens is 3. The first-order valence-electron chi connectivity index (χ1n) is 9.68. The van der Waals surface area contributed by atoms with Crippen LogP contribution in [0.1, 0.15) is 46.1 Å². The molecule has 0 unspecified atom stereocenters. The van der Waals surface area contributed by atoms with Gasteiger partial charge in [0.15, 0.2) is 0 Å². The first-order chi connectivity index (χ1) is 12.9. The zero-order valence-corrected chi connectivity index (χ0v) is 16.8. The van der Waals surface area contributed by atoms with E-state index in [-0.39, 0.29) is 38.3 Å². The van der Waals surface area contributed by atoms with Crippen LogP contribution in [0.3, 0.4) is 0 Å². The fourth-order valence-electron chi connectivity index (χ4n) is 3.51. The zero-order chi connectivity index (χ0) is 20.7. The van der Waals surface area contributed by atoms with Gasteiger partial charge in [0.2, 0.25) is 5.91 Å². The van der Waals surface area contributed by atoms with Gasteiger partial charge in [-0.25, -0.2) is 0 Å². The Hall–Kier alpha value is -1.54. The average molecular weight is 397 g/mol. The largest absolute Gasteiger partial charge is 0.494 e. The molecule has 2 aliphatic rings. The molecule has 3 rings (SSSR count). The molecule has 0 atom stereocenters. The van der Waals surface area contributed by atoms with Crippen molar-refractivity contribution in [3.05, 3.63) is 29.8 Å². The highest BCUT2D eigenvalue weighted by Gasteiger charge is 2.51. The van der Waals surface area contributed by atoms with Gasteiger partial charge in [0.1, 0.15) is 0 Å². The summed E-state index contributed by atoms with van der Waals surface area (Å²) in [5, 5.41) is 0. The Morgan fingerprint density at radius 1 is 1.07 bits per heavy atom. The van der Waals surface area contributed by atoms with Crippen LogP contribution in [0.15, 0.2) is 24.3 Å². The fraction of sp³-hybridized carbons (Fsp3) is 0.650. The number of hydrogen-bond acceptors (Lipinski definition) is 3. The van der Waals surface area contributed by atoms with Crippen molar-refractivity contribution in [2.75, 3.05) is 13.1 Å². The zero-order valence-electron chi connectivity index (χ0n) is 16.8. The number of rotatable bonds is 3. The first-order valence-corrected chi connectivity index (χ1v) is 9.68. The summed E-state index contributed by atoms with van der Waals surface area (Å²) in [4.78, 5) is 14.0. The maximum atomic E-state index is 12.8. The molecular weight excluding hydrogens is 370 g/mol. The molecule has 0 radical (unpaired) electrons. The van der Waals surface area contributed by atoms with Gasteiger partial charge in [-0.2, -0.15) is 13.2 Å². The number of alkyl halides is 3. The van der Waals surface area contributed by atoms with Crippen LogP contribution in [0.25, 0.3) is 0 Å². The highest BCUT2D eigenvalue weighted by Crippen LogP contribution is 2.36. The third kappa shape index (κ3) is 4.38. The van der Waals surface area contributed by atoms with Crippen LogP contribution >= 0.6 is 0 Å². The molecule has 8 heteroatoms. The molecule has 4 nitrogen and oxygen atoms in total. The fourth-order valence-corrected chi connectivity index (χ4v) is 3.51. The second kappa shape index (κ2) is 7.37. The van der Waals surface area contributed by atoms with Crippen molar-refractivity contribution < 1.29 is 27.3 Å². The van der Waals surface area contributed by atoms with E-state index in [0.717, 1.165) is 11.0 Å². The van der Waals surface area contributed by atoms with Crippen molar-refractivity contribution in [3.63, 3.8) is 0 Å². The molecule has 1 aromatic carbocycles. The Morgan fingerprint density at radius 3 is 2.04 bits per heavy atom. The van der Waals surface area contributed by atoms with Gasteiger partial charge < -0.3 is 14.2 Å². The van der Waals surface area contributed by atoms with Crippen molar-refractivity contribution in [2.45, 2.75) is 64.3 Å². The van der Waals surface area contributed by atoms with E-state index in [0.29, 0.717) is 0 Å². The lowest BCUT2D eigenvalue weighted by molar-refractivity contribution is -0.186. The number of carbonyl (C=O) groups excluding carboxylic acids is 1. The Bertz CT molecular complexity index is 694. The lowest BCUT2D eigenvalue weighted by atomic mass is 9.79. The van der Waals surface area contributed by atoms with E-state index in [9.17, 15) is 18.0 Å². The minimum atomic E-state index is -4.17. The van der Waals surface area contributed by atoms with E-state index in [4.69, 9.17) is 9.31 Å². The summed E-state index contributed by atoms with van der Waals surface area (Å²) in [7, 11) is -0.462. The molecule has 2 heterocycles. The van der Waals surface area contributed by atoms with E-state index >= 15 is 0 Å². The lowest BCUT2D eigenvalue weighted by Gasteiger charge is -2.33. The second-order valence-corrected chi connectivity index (χ2v) is 8.70. The Kier molecular flexibility index (Phi) is 5.58. The molecule has 2 aliphatic heterocycles. The monoisotopic (exact) mass is 397 g/mol. The number of nitrogens with zero attached hydrogens (tertiary/aromatic N) is 1. The number of likely N-dealkylation sites (tertiary alicyclic amines) is 1. The van der Waals surface area contributed by atoms with Gasteiger partial charge in [-0.1, -0.05) is 24.3 Å². The van der Waals surface area contributed by atoms with Gasteiger partial charge in [0.25, 0.3) is 0 Å². The third-order valence-electron chi connectivity index (χ3n) is 6.17. The molecule has 0 spiro atoms. The summed E-state index contributed by atoms with van der Waals surface area (Å²) in [5.74, 6) is -1.43. The van der Waals surface area contributed by atoms with Crippen molar-refractivity contribution in [1.29, 1.82) is 0 Å². The van der Waals surface area contributed by atoms with Gasteiger partial charge in [0, 0.05) is 13.1 Å². The molecule has 2 saturated heterocycles. The predicted molar refractivity (Wildman–Crippen MR) is 101 cm³/mol. The Morgan fingerprint density at radius 2 is 1.57 bits per heavy atom. The SMILES string of the molecule is CC1(C)OB(c2ccc(CC(=O)N3CCC(C(F)(F)F)CC3)cc2)OC1(C)C. The van der Waals surface area contributed by atoms with Crippen LogP contribution in [-0.4, -0.2) is 48.4 Å². The average Bonchev–Trinajstić information content (AvgIpc) is 2.82. The summed E-state index contributed by atoms with van der Waals surface area (Å²) in [6, 6.07) is 7.45. The lowest BCUT2D eigenvalue weighted by Crippen LogP contribution is -2.42. The van der Waals surface area contributed by atoms with Gasteiger partial charge in [-0.15, -0.1) is 0 Å². The minimum Gasteiger partial charge on any atom is -0.399 e. The standard InChI is InChI=1S/C20H27BF3NO3/c1-18(2)19(3,4)28-21(27-18)16-7-5-14(6-8-16)13-17(26)25-11-9-15(10-12-25)20(22,23)24/h5-8,15H,9-13H2,1-4H3. The van der Waals surface area contributed by atoms with E-state index < -0.39 is 30.4 Å². The highest BCUT2D eigenvalue weighted by atomic mass is 19.4. The molecule has 0 aliphatic carbocycles. The van der Waals surface area contributed by atoms with Crippen LogP contribution in [0, 0.1) is 5.92 Å². The maximum absolute atomic E-state index is 12.8. The molecule has 28 heavy (non-hydrogen) atoms. The molecule has 0 N–H and O–H groups in total. The smallest absolute Gasteiger partial charge is 0.399 e. The van der Waals surface area contributed by atoms with Crippen LogP contribution < -0.4 is 5.46 Å². The van der Waals surface area contributed by atoms with Gasteiger partial charge in [-0.3, -0.25) is 4.79 Å². The number of amides is 1. The van der Waals surface area contributed by atoms with Gasteiger partial charge >= 0.3 is 13.3 Å². The van der Waals surface area contributed by atoms with Gasteiger partial charge in [0.05, 0.1) is 23.5 Å². The summed E-state index contributed by atoms with van der Waals surface area (Å²) >= 11 is 0. The number of carbonyl (C=O) groups is 1. The topological polar surface area (TPSA) is 38.8 Å². The summed E-state index contributed by atoms with van der Waals surface area (Å²) < 4.78 is 50.3. The number of benzene rings is 1. The molecule has 0 aromatic heterocycles. The molecule has 0 saturated carbocycles. The van der Waals surface area contributed by atoms with Crippen molar-refractivity contribution in [2.24, 2.45) is 5.92 Å². The Labute approximate surface area is 164 Å². The minimum absolute atomic E-state index is 0.0178. The van der Waals surface area contributed by atoms with E-state index in [1.807, 2.05) is 52.0 Å². The van der Waals surface area contributed by atoms with Crippen molar-refractivity contribution in [1.82, 2.24) is 4.90 Å². The quantitative estimate of drug-likeness (QED) is 0.735. The molecule has 1 aromatic rings. The number of hydrogen-bond donors (Lipinski definition) is 0. The molecule has 154 valence electrons. The number of piperidine rings is 1. The maximum Gasteiger partial charge on any atom is 0.494 e. The van der Waals surface area contributed by atoms with E-state index in [1.165, 1.54) is 4.90 Å². The van der Waals surface area contributed by atoms with Crippen molar-refractivity contribution in [3.8, 4) is 0 Å². The van der Waals surface area contributed by atoms with Crippen LogP contribution in [-0.2, 0) is 20.5 Å². The molecular formula is C20H27BF3NO3. The van der Waals surface area contributed by atoms with Crippen LogP contribution in [0.4, 0.5) is 13.2 Å². The molecule has 2 fully saturated rings. The predicted octanol–water partition coefficient (Wildman–Crippen LogP) is 3.33. The van der Waals surface area contributed by atoms with Crippen LogP contribution in [0.2, 0.25) is 0 Å². The van der Waals surface area contributed by atoms with Crippen molar-refractivity contribution >= 4 is 18.5 Å². The normalized spacial score (nSPS) is 22.5. The second-order valence-electron chi connectivity index (χ2n) is 8.70.